The van der Waals surface area contributed by atoms with Gasteiger partial charge in [-0.25, -0.2) is 4.90 Å². The lowest BCUT2D eigenvalue weighted by Crippen LogP contribution is -2.39. The summed E-state index contributed by atoms with van der Waals surface area (Å²) in [5, 5.41) is 4.71. The maximum absolute atomic E-state index is 12.0. The van der Waals surface area contributed by atoms with Crippen LogP contribution in [0.2, 0.25) is 0 Å². The summed E-state index contributed by atoms with van der Waals surface area (Å²) in [7, 11) is 0. The Balaban J connectivity index is 1.84. The molecular formula is C17H17N3O6. The second kappa shape index (κ2) is 8.56. The highest BCUT2D eigenvalue weighted by atomic mass is 16.5. The van der Waals surface area contributed by atoms with E-state index in [0.29, 0.717) is 5.69 Å². The average molecular weight is 359 g/mol. The fourth-order valence-electron chi connectivity index (χ4n) is 2.12. The summed E-state index contributed by atoms with van der Waals surface area (Å²) in [4.78, 5) is 58.9. The van der Waals surface area contributed by atoms with Gasteiger partial charge in [-0.15, -0.1) is 0 Å². The quantitative estimate of drug-likeness (QED) is 0.501. The summed E-state index contributed by atoms with van der Waals surface area (Å²) < 4.78 is 4.66. The number of amides is 4. The van der Waals surface area contributed by atoms with E-state index in [9.17, 15) is 24.0 Å². The zero-order chi connectivity index (χ0) is 19.1. The minimum atomic E-state index is -0.566. The van der Waals surface area contributed by atoms with Gasteiger partial charge in [0.2, 0.25) is 5.91 Å². The largest absolute Gasteiger partial charge is 0.465 e. The molecule has 0 aromatic heterocycles. The lowest BCUT2D eigenvalue weighted by Gasteiger charge is -2.14. The fraction of sp³-hybridized carbons (Fsp3) is 0.235. The summed E-state index contributed by atoms with van der Waals surface area (Å²) >= 11 is 0. The number of nitrogens with one attached hydrogen (secondary N) is 2. The molecule has 2 N–H and O–H groups in total. The number of nitrogens with zero attached hydrogens (tertiary/aromatic N) is 1. The van der Waals surface area contributed by atoms with Crippen LogP contribution in [-0.4, -0.2) is 49.3 Å². The highest BCUT2D eigenvalue weighted by molar-refractivity contribution is 6.28. The average Bonchev–Trinajstić information content (AvgIpc) is 2.96. The van der Waals surface area contributed by atoms with Gasteiger partial charge in [-0.3, -0.25) is 24.0 Å². The van der Waals surface area contributed by atoms with Gasteiger partial charge in [0.1, 0.15) is 6.54 Å². The van der Waals surface area contributed by atoms with Gasteiger partial charge in [0.05, 0.1) is 18.8 Å². The first-order chi connectivity index (χ1) is 12.4. The van der Waals surface area contributed by atoms with E-state index in [1.54, 1.807) is 6.92 Å². The number of hydrogen-bond acceptors (Lipinski definition) is 6. The number of carbonyl (C=O) groups excluding carboxylic acids is 5. The zero-order valence-corrected chi connectivity index (χ0v) is 14.0. The van der Waals surface area contributed by atoms with Crippen molar-refractivity contribution < 1.29 is 28.7 Å². The molecule has 0 spiro atoms. The SMILES string of the molecule is CCOC(=O)CNC(=O)CNC(=O)c1ccc(N2C(=O)C=CC2=O)cc1. The van der Waals surface area contributed by atoms with Gasteiger partial charge < -0.3 is 15.4 Å². The summed E-state index contributed by atoms with van der Waals surface area (Å²) in [6.45, 7) is 1.28. The lowest BCUT2D eigenvalue weighted by atomic mass is 10.2. The van der Waals surface area contributed by atoms with Gasteiger partial charge in [0.25, 0.3) is 17.7 Å². The molecule has 1 aliphatic heterocycles. The smallest absolute Gasteiger partial charge is 0.325 e. The molecule has 0 radical (unpaired) electrons. The Kier molecular flexibility index (Phi) is 6.20. The monoisotopic (exact) mass is 359 g/mol. The van der Waals surface area contributed by atoms with E-state index in [4.69, 9.17) is 0 Å². The topological polar surface area (TPSA) is 122 Å². The van der Waals surface area contributed by atoms with E-state index in [0.717, 1.165) is 17.1 Å². The van der Waals surface area contributed by atoms with Gasteiger partial charge in [-0.1, -0.05) is 0 Å². The van der Waals surface area contributed by atoms with Gasteiger partial charge in [-0.05, 0) is 31.2 Å². The van der Waals surface area contributed by atoms with Gasteiger partial charge >= 0.3 is 5.97 Å². The van der Waals surface area contributed by atoms with Crippen molar-refractivity contribution in [3.8, 4) is 0 Å². The maximum atomic E-state index is 12.0. The van der Waals surface area contributed by atoms with Crippen molar-refractivity contribution in [2.75, 3.05) is 24.6 Å². The highest BCUT2D eigenvalue weighted by Gasteiger charge is 2.25. The third kappa shape index (κ3) is 4.76. The van der Waals surface area contributed by atoms with Crippen LogP contribution >= 0.6 is 0 Å². The first-order valence-electron chi connectivity index (χ1n) is 7.79. The summed E-state index contributed by atoms with van der Waals surface area (Å²) in [5.74, 6) is -2.53. The second-order valence-corrected chi connectivity index (χ2v) is 5.16. The third-order valence-corrected chi connectivity index (χ3v) is 3.34. The minimum Gasteiger partial charge on any atom is -0.465 e. The van der Waals surface area contributed by atoms with Crippen LogP contribution < -0.4 is 15.5 Å². The van der Waals surface area contributed by atoms with Crippen LogP contribution in [0.5, 0.6) is 0 Å². The molecule has 0 fully saturated rings. The Morgan fingerprint density at radius 2 is 1.58 bits per heavy atom. The van der Waals surface area contributed by atoms with Gasteiger partial charge in [0, 0.05) is 17.7 Å². The molecule has 0 atom stereocenters. The predicted octanol–water partition coefficient (Wildman–Crippen LogP) is -0.475. The van der Waals surface area contributed by atoms with E-state index in [1.165, 1.54) is 24.3 Å². The number of carbonyl (C=O) groups is 5. The molecule has 0 bridgehead atoms. The van der Waals surface area contributed by atoms with Gasteiger partial charge in [0.15, 0.2) is 0 Å². The van der Waals surface area contributed by atoms with Crippen molar-refractivity contribution in [2.45, 2.75) is 6.92 Å². The zero-order valence-electron chi connectivity index (χ0n) is 14.0. The third-order valence-electron chi connectivity index (χ3n) is 3.34. The van der Waals surface area contributed by atoms with Gasteiger partial charge in [-0.2, -0.15) is 0 Å². The van der Waals surface area contributed by atoms with Crippen molar-refractivity contribution in [3.05, 3.63) is 42.0 Å². The molecule has 2 rings (SSSR count). The second-order valence-electron chi connectivity index (χ2n) is 5.16. The summed E-state index contributed by atoms with van der Waals surface area (Å²) in [6.07, 6.45) is 2.33. The molecule has 1 aliphatic rings. The molecule has 136 valence electrons. The number of imide groups is 1. The van der Waals surface area contributed by atoms with Crippen molar-refractivity contribution in [3.63, 3.8) is 0 Å². The minimum absolute atomic E-state index is 0.214. The number of ether oxygens (including phenoxy) is 1. The molecule has 0 aliphatic carbocycles. The molecule has 9 nitrogen and oxygen atoms in total. The first kappa shape index (κ1) is 18.8. The molecule has 0 saturated carbocycles. The Morgan fingerprint density at radius 3 is 2.15 bits per heavy atom. The number of rotatable bonds is 7. The van der Waals surface area contributed by atoms with E-state index in [2.05, 4.69) is 15.4 Å². The number of anilines is 1. The molecule has 4 amide bonds. The van der Waals surface area contributed by atoms with Crippen LogP contribution in [0, 0.1) is 0 Å². The van der Waals surface area contributed by atoms with Crippen molar-refractivity contribution in [1.29, 1.82) is 0 Å². The molecule has 0 unspecified atom stereocenters. The Hall–Kier alpha value is -3.49. The van der Waals surface area contributed by atoms with Crippen LogP contribution in [0.3, 0.4) is 0 Å². The number of benzene rings is 1. The highest BCUT2D eigenvalue weighted by Crippen LogP contribution is 2.19. The molecule has 26 heavy (non-hydrogen) atoms. The Bertz CT molecular complexity index is 751. The molecule has 1 aromatic carbocycles. The molecule has 9 heteroatoms. The summed E-state index contributed by atoms with van der Waals surface area (Å²) in [5.41, 5.74) is 0.590. The molecular weight excluding hydrogens is 342 g/mol. The van der Waals surface area contributed by atoms with E-state index < -0.39 is 29.6 Å². The first-order valence-corrected chi connectivity index (χ1v) is 7.79. The predicted molar refractivity (Wildman–Crippen MR) is 90.1 cm³/mol. The molecule has 1 aromatic rings. The van der Waals surface area contributed by atoms with E-state index >= 15 is 0 Å². The van der Waals surface area contributed by atoms with E-state index in [-0.39, 0.29) is 25.3 Å². The molecule has 1 heterocycles. The van der Waals surface area contributed by atoms with Crippen LogP contribution in [0.15, 0.2) is 36.4 Å². The van der Waals surface area contributed by atoms with Crippen molar-refractivity contribution >= 4 is 35.3 Å². The fourth-order valence-corrected chi connectivity index (χ4v) is 2.12. The van der Waals surface area contributed by atoms with Crippen LogP contribution in [0.1, 0.15) is 17.3 Å². The molecule has 0 saturated heterocycles. The maximum Gasteiger partial charge on any atom is 0.325 e. The summed E-state index contributed by atoms with van der Waals surface area (Å²) in [6, 6.07) is 5.78. The normalized spacial score (nSPS) is 12.9. The van der Waals surface area contributed by atoms with E-state index in [1.807, 2.05) is 0 Å². The van der Waals surface area contributed by atoms with Crippen LogP contribution in [0.25, 0.3) is 0 Å². The lowest BCUT2D eigenvalue weighted by molar-refractivity contribution is -0.143. The Labute approximate surface area is 149 Å². The van der Waals surface area contributed by atoms with Crippen LogP contribution in [0.4, 0.5) is 5.69 Å². The van der Waals surface area contributed by atoms with Crippen molar-refractivity contribution in [2.24, 2.45) is 0 Å². The Morgan fingerprint density at radius 1 is 0.962 bits per heavy atom. The van der Waals surface area contributed by atoms with Crippen molar-refractivity contribution in [1.82, 2.24) is 10.6 Å². The standard InChI is InChI=1S/C17H17N3O6/c1-2-26-16(24)10-18-13(21)9-19-17(25)11-3-5-12(6-4-11)20-14(22)7-8-15(20)23/h3-8H,2,9-10H2,1H3,(H,18,21)(H,19,25). The number of hydrogen-bond donors (Lipinski definition) is 2. The van der Waals surface area contributed by atoms with Crippen LogP contribution in [-0.2, 0) is 23.9 Å². The number of esters is 1.